The molecule has 1 saturated heterocycles. The summed E-state index contributed by atoms with van der Waals surface area (Å²) in [5, 5.41) is 0.858. The van der Waals surface area contributed by atoms with Gasteiger partial charge < -0.3 is 14.5 Å². The Hall–Kier alpha value is -4.19. The number of halogens is 4. The van der Waals surface area contributed by atoms with Gasteiger partial charge in [0.15, 0.2) is 0 Å². The molecule has 0 radical (unpaired) electrons. The Balaban J connectivity index is 1.28. The third-order valence-corrected chi connectivity index (χ3v) is 7.11. The maximum atomic E-state index is 14.0. The number of amides is 2. The molecule has 1 aliphatic rings. The second-order valence-corrected chi connectivity index (χ2v) is 9.59. The van der Waals surface area contributed by atoms with E-state index in [1.54, 1.807) is 24.4 Å². The molecule has 200 valence electrons. The van der Waals surface area contributed by atoms with Crippen molar-refractivity contribution < 1.29 is 27.2 Å². The highest BCUT2D eigenvalue weighted by molar-refractivity contribution is 8.00. The van der Waals surface area contributed by atoms with Gasteiger partial charge >= 0.3 is 6.18 Å². The number of rotatable bonds is 5. The van der Waals surface area contributed by atoms with Crippen LogP contribution in [-0.2, 0) is 6.18 Å². The molecule has 39 heavy (non-hydrogen) atoms. The number of benzene rings is 2. The van der Waals surface area contributed by atoms with Crippen molar-refractivity contribution in [2.75, 3.05) is 30.9 Å². The van der Waals surface area contributed by atoms with Gasteiger partial charge in [0.2, 0.25) is 0 Å². The number of anilines is 1. The van der Waals surface area contributed by atoms with Crippen molar-refractivity contribution in [3.8, 4) is 0 Å². The predicted molar refractivity (Wildman–Crippen MR) is 139 cm³/mol. The zero-order valence-corrected chi connectivity index (χ0v) is 21.1. The van der Waals surface area contributed by atoms with Crippen LogP contribution < -0.4 is 4.72 Å². The number of piperazine rings is 1. The Bertz CT molecular complexity index is 1520. The summed E-state index contributed by atoms with van der Waals surface area (Å²) in [5.41, 5.74) is -0.522. The van der Waals surface area contributed by atoms with Crippen molar-refractivity contribution in [2.24, 2.45) is 0 Å². The van der Waals surface area contributed by atoms with Gasteiger partial charge in [0, 0.05) is 43.3 Å². The number of fused-ring (bicyclic) bond motifs is 1. The van der Waals surface area contributed by atoms with E-state index in [0.29, 0.717) is 10.4 Å². The number of nitrogens with zero attached hydrogens (tertiary/aromatic N) is 4. The molecule has 0 atom stereocenters. The van der Waals surface area contributed by atoms with Crippen LogP contribution in [0.15, 0.2) is 78.0 Å². The number of hydrogen-bond acceptors (Lipinski definition) is 6. The Morgan fingerprint density at radius 2 is 1.59 bits per heavy atom. The molecule has 0 bridgehead atoms. The molecule has 1 aliphatic heterocycles. The summed E-state index contributed by atoms with van der Waals surface area (Å²) in [6.07, 6.45) is -2.14. The van der Waals surface area contributed by atoms with Gasteiger partial charge in [0.05, 0.1) is 27.9 Å². The lowest BCUT2D eigenvalue weighted by atomic mass is 10.1. The van der Waals surface area contributed by atoms with E-state index >= 15 is 0 Å². The molecule has 4 aromatic rings. The fraction of sp³-hybridized carbons (Fsp3) is 0.185. The van der Waals surface area contributed by atoms with E-state index in [4.69, 9.17) is 0 Å². The van der Waals surface area contributed by atoms with Gasteiger partial charge in [-0.05, 0) is 54.4 Å². The lowest BCUT2D eigenvalue weighted by molar-refractivity contribution is -0.136. The summed E-state index contributed by atoms with van der Waals surface area (Å²) in [5.74, 6) is -1.54. The van der Waals surface area contributed by atoms with E-state index in [1.807, 2.05) is 12.1 Å². The van der Waals surface area contributed by atoms with Gasteiger partial charge in [0.25, 0.3) is 11.8 Å². The highest BCUT2D eigenvalue weighted by Crippen LogP contribution is 2.38. The number of alkyl halides is 3. The number of pyridine rings is 2. The largest absolute Gasteiger partial charge is 0.418 e. The SMILES string of the molecule is O=C(c1ccc(NSc2cccc3cccnc23)c(C(F)(F)F)c1)N1CCN(C(=O)c2ccc(F)cn2)CC1. The van der Waals surface area contributed by atoms with Crippen LogP contribution in [0.2, 0.25) is 0 Å². The van der Waals surface area contributed by atoms with Crippen LogP contribution in [0.3, 0.4) is 0 Å². The number of para-hydroxylation sites is 1. The molecular formula is C27H21F4N5O2S. The first-order valence-electron chi connectivity index (χ1n) is 11.9. The van der Waals surface area contributed by atoms with Crippen molar-refractivity contribution in [3.63, 3.8) is 0 Å². The van der Waals surface area contributed by atoms with Crippen LogP contribution >= 0.6 is 11.9 Å². The van der Waals surface area contributed by atoms with Crippen molar-refractivity contribution in [3.05, 3.63) is 95.7 Å². The summed E-state index contributed by atoms with van der Waals surface area (Å²) in [7, 11) is 0. The van der Waals surface area contributed by atoms with Crippen LogP contribution in [-0.4, -0.2) is 57.8 Å². The average molecular weight is 556 g/mol. The molecule has 7 nitrogen and oxygen atoms in total. The summed E-state index contributed by atoms with van der Waals surface area (Å²) in [4.78, 5) is 37.3. The molecule has 1 N–H and O–H groups in total. The van der Waals surface area contributed by atoms with Crippen molar-refractivity contribution in [1.29, 1.82) is 0 Å². The minimum absolute atomic E-state index is 0.0752. The predicted octanol–water partition coefficient (Wildman–Crippen LogP) is 5.51. The van der Waals surface area contributed by atoms with Crippen molar-refractivity contribution >= 4 is 40.4 Å². The molecule has 3 heterocycles. The number of aromatic nitrogens is 2. The molecule has 1 fully saturated rings. The van der Waals surface area contributed by atoms with Gasteiger partial charge in [-0.1, -0.05) is 18.2 Å². The van der Waals surface area contributed by atoms with Crippen LogP contribution in [0.4, 0.5) is 23.2 Å². The van der Waals surface area contributed by atoms with E-state index in [1.165, 1.54) is 28.0 Å². The highest BCUT2D eigenvalue weighted by atomic mass is 32.2. The molecule has 0 spiro atoms. The number of nitrogens with one attached hydrogen (secondary N) is 1. The first kappa shape index (κ1) is 26.4. The summed E-state index contributed by atoms with van der Waals surface area (Å²) in [6, 6.07) is 14.9. The first-order valence-corrected chi connectivity index (χ1v) is 12.7. The molecule has 0 aliphatic carbocycles. The standard InChI is InChI=1S/C27H21F4N5O2S/c28-19-7-9-22(33-16-19)26(38)36-13-11-35(12-14-36)25(37)18-6-8-21(20(15-18)27(29,30)31)34-39-23-5-1-3-17-4-2-10-32-24(17)23/h1-10,15-16,34H,11-14H2. The lowest BCUT2D eigenvalue weighted by Crippen LogP contribution is -2.50. The van der Waals surface area contributed by atoms with Crippen molar-refractivity contribution in [2.45, 2.75) is 11.1 Å². The van der Waals surface area contributed by atoms with E-state index in [2.05, 4.69) is 14.7 Å². The molecule has 2 aromatic carbocycles. The third kappa shape index (κ3) is 5.80. The Morgan fingerprint density at radius 3 is 2.28 bits per heavy atom. The topological polar surface area (TPSA) is 78.4 Å². The molecule has 2 aromatic heterocycles. The second-order valence-electron chi connectivity index (χ2n) is 8.74. The maximum absolute atomic E-state index is 14.0. The molecule has 0 unspecified atom stereocenters. The fourth-order valence-electron chi connectivity index (χ4n) is 4.23. The zero-order valence-electron chi connectivity index (χ0n) is 20.3. The lowest BCUT2D eigenvalue weighted by Gasteiger charge is -2.34. The number of carbonyl (C=O) groups excluding carboxylic acids is 2. The monoisotopic (exact) mass is 555 g/mol. The van der Waals surface area contributed by atoms with Gasteiger partial charge in [-0.2, -0.15) is 13.2 Å². The zero-order chi connectivity index (χ0) is 27.6. The summed E-state index contributed by atoms with van der Waals surface area (Å²) < 4.78 is 57.8. The molecular weight excluding hydrogens is 534 g/mol. The van der Waals surface area contributed by atoms with E-state index in [-0.39, 0.29) is 43.1 Å². The van der Waals surface area contributed by atoms with Crippen molar-refractivity contribution in [1.82, 2.24) is 19.8 Å². The van der Waals surface area contributed by atoms with E-state index in [9.17, 15) is 27.2 Å². The van der Waals surface area contributed by atoms with Gasteiger partial charge in [0.1, 0.15) is 11.5 Å². The quantitative estimate of drug-likeness (QED) is 0.259. The smallest absolute Gasteiger partial charge is 0.335 e. The average Bonchev–Trinajstić information content (AvgIpc) is 2.95. The third-order valence-electron chi connectivity index (χ3n) is 6.24. The first-order chi connectivity index (χ1) is 18.7. The van der Waals surface area contributed by atoms with E-state index in [0.717, 1.165) is 35.7 Å². The molecule has 5 rings (SSSR count). The minimum Gasteiger partial charge on any atom is -0.335 e. The van der Waals surface area contributed by atoms with Crippen LogP contribution in [0.1, 0.15) is 26.4 Å². The van der Waals surface area contributed by atoms with E-state index < -0.39 is 29.4 Å². The molecule has 12 heteroatoms. The Morgan fingerprint density at radius 1 is 0.872 bits per heavy atom. The normalized spacial score (nSPS) is 13.9. The Labute approximate surface area is 225 Å². The van der Waals surface area contributed by atoms with Crippen LogP contribution in [0.25, 0.3) is 10.9 Å². The Kier molecular flexibility index (Phi) is 7.38. The molecule has 2 amide bonds. The van der Waals surface area contributed by atoms with Crippen LogP contribution in [0.5, 0.6) is 0 Å². The van der Waals surface area contributed by atoms with Gasteiger partial charge in [-0.25, -0.2) is 9.37 Å². The van der Waals surface area contributed by atoms with Gasteiger partial charge in [-0.15, -0.1) is 0 Å². The summed E-state index contributed by atoms with van der Waals surface area (Å²) >= 11 is 1.01. The highest BCUT2D eigenvalue weighted by Gasteiger charge is 2.35. The minimum atomic E-state index is -4.70. The number of carbonyl (C=O) groups is 2. The maximum Gasteiger partial charge on any atom is 0.418 e. The van der Waals surface area contributed by atoms with Crippen LogP contribution in [0, 0.1) is 5.82 Å². The number of hydrogen-bond donors (Lipinski definition) is 1. The second kappa shape index (κ2) is 10.9. The summed E-state index contributed by atoms with van der Waals surface area (Å²) in [6.45, 7) is 0.615. The van der Waals surface area contributed by atoms with Gasteiger partial charge in [-0.3, -0.25) is 14.6 Å². The molecule has 0 saturated carbocycles. The fourth-order valence-corrected chi connectivity index (χ4v) is 5.04.